The lowest BCUT2D eigenvalue weighted by molar-refractivity contribution is 0.594. The first kappa shape index (κ1) is 7.66. The summed E-state index contributed by atoms with van der Waals surface area (Å²) in [5.74, 6) is 0. The van der Waals surface area contributed by atoms with Gasteiger partial charge in [-0.1, -0.05) is 12.1 Å². The van der Waals surface area contributed by atoms with Crippen LogP contribution in [-0.2, 0) is 6.42 Å². The minimum atomic E-state index is 0.246. The molecule has 0 saturated carbocycles. The molecule has 0 atom stereocenters. The molecule has 64 valence electrons. The molecule has 1 N–H and O–H groups in total. The Bertz CT molecular complexity index is 313. The molecule has 0 bridgehead atoms. The van der Waals surface area contributed by atoms with Crippen molar-refractivity contribution in [2.45, 2.75) is 32.7 Å². The zero-order valence-corrected chi connectivity index (χ0v) is 7.94. The Hall–Kier alpha value is -0.980. The number of nitrogens with one attached hydrogen (secondary N) is 1. The molecule has 0 aliphatic carbocycles. The molecule has 2 rings (SSSR count). The first-order chi connectivity index (χ1) is 5.57. The summed E-state index contributed by atoms with van der Waals surface area (Å²) < 4.78 is 0. The van der Waals surface area contributed by atoms with Crippen LogP contribution in [0.15, 0.2) is 18.2 Å². The topological polar surface area (TPSA) is 12.0 Å². The molecule has 0 fully saturated rings. The van der Waals surface area contributed by atoms with Gasteiger partial charge in [-0.3, -0.25) is 0 Å². The average Bonchev–Trinajstić information content (AvgIpc) is 2.21. The molecule has 1 heteroatoms. The van der Waals surface area contributed by atoms with Gasteiger partial charge in [-0.2, -0.15) is 0 Å². The van der Waals surface area contributed by atoms with Crippen molar-refractivity contribution < 1.29 is 0 Å². The molecule has 0 aromatic heterocycles. The van der Waals surface area contributed by atoms with Crippen molar-refractivity contribution in [1.82, 2.24) is 0 Å². The van der Waals surface area contributed by atoms with E-state index < -0.39 is 0 Å². The van der Waals surface area contributed by atoms with Crippen LogP contribution < -0.4 is 5.32 Å². The highest BCUT2D eigenvalue weighted by atomic mass is 15.0. The van der Waals surface area contributed by atoms with E-state index in [0.717, 1.165) is 6.42 Å². The van der Waals surface area contributed by atoms with E-state index in [1.54, 1.807) is 0 Å². The highest BCUT2D eigenvalue weighted by Crippen LogP contribution is 2.32. The van der Waals surface area contributed by atoms with Crippen LogP contribution in [0.2, 0.25) is 0 Å². The maximum absolute atomic E-state index is 3.51. The molecule has 1 aliphatic rings. The summed E-state index contributed by atoms with van der Waals surface area (Å²) in [5.41, 5.74) is 4.35. The molecule has 1 aliphatic heterocycles. The molecule has 1 heterocycles. The lowest BCUT2D eigenvalue weighted by Gasteiger charge is -2.17. The fraction of sp³-hybridized carbons (Fsp3) is 0.455. The third-order valence-corrected chi connectivity index (χ3v) is 2.37. The van der Waals surface area contributed by atoms with Crippen LogP contribution in [-0.4, -0.2) is 5.54 Å². The second-order valence-electron chi connectivity index (χ2n) is 4.35. The van der Waals surface area contributed by atoms with Crippen molar-refractivity contribution in [3.63, 3.8) is 0 Å². The van der Waals surface area contributed by atoms with Crippen molar-refractivity contribution in [2.75, 3.05) is 5.32 Å². The van der Waals surface area contributed by atoms with Crippen molar-refractivity contribution in [2.24, 2.45) is 0 Å². The zero-order valence-electron chi connectivity index (χ0n) is 7.94. The molecule has 1 nitrogen and oxygen atoms in total. The number of rotatable bonds is 0. The highest BCUT2D eigenvalue weighted by Gasteiger charge is 2.26. The summed E-state index contributed by atoms with van der Waals surface area (Å²) in [6.07, 6.45) is 1.14. The molecule has 0 amide bonds. The monoisotopic (exact) mass is 161 g/mol. The number of anilines is 1. The van der Waals surface area contributed by atoms with Gasteiger partial charge in [0.1, 0.15) is 0 Å². The highest BCUT2D eigenvalue weighted by molar-refractivity contribution is 5.59. The van der Waals surface area contributed by atoms with Crippen molar-refractivity contribution in [3.8, 4) is 0 Å². The Balaban J connectivity index is 2.43. The Morgan fingerprint density at radius 1 is 1.33 bits per heavy atom. The van der Waals surface area contributed by atoms with Crippen molar-refractivity contribution >= 4 is 5.69 Å². The smallest absolute Gasteiger partial charge is 0.0380 e. The minimum absolute atomic E-state index is 0.246. The van der Waals surface area contributed by atoms with Crippen LogP contribution in [0.3, 0.4) is 0 Å². The van der Waals surface area contributed by atoms with Crippen molar-refractivity contribution in [1.29, 1.82) is 0 Å². The van der Waals surface area contributed by atoms with Gasteiger partial charge >= 0.3 is 0 Å². The second-order valence-corrected chi connectivity index (χ2v) is 4.35. The normalized spacial score (nSPS) is 18.6. The summed E-state index contributed by atoms with van der Waals surface area (Å²) in [6.45, 7) is 6.61. The first-order valence-corrected chi connectivity index (χ1v) is 4.45. The maximum Gasteiger partial charge on any atom is 0.0380 e. The summed E-state index contributed by atoms with van der Waals surface area (Å²) in [6, 6.07) is 6.64. The fourth-order valence-electron chi connectivity index (χ4n) is 1.85. The summed E-state index contributed by atoms with van der Waals surface area (Å²) in [4.78, 5) is 0. The summed E-state index contributed by atoms with van der Waals surface area (Å²) in [7, 11) is 0. The zero-order chi connectivity index (χ0) is 8.77. The lowest BCUT2D eigenvalue weighted by Crippen LogP contribution is -2.27. The average molecular weight is 161 g/mol. The van der Waals surface area contributed by atoms with E-state index in [-0.39, 0.29) is 5.54 Å². The van der Waals surface area contributed by atoms with Gasteiger partial charge in [0.2, 0.25) is 0 Å². The molecular weight excluding hydrogens is 146 g/mol. The van der Waals surface area contributed by atoms with E-state index >= 15 is 0 Å². The minimum Gasteiger partial charge on any atom is -0.380 e. The molecule has 12 heavy (non-hydrogen) atoms. The first-order valence-electron chi connectivity index (χ1n) is 4.45. The van der Waals surface area contributed by atoms with Gasteiger partial charge in [-0.25, -0.2) is 0 Å². The quantitative estimate of drug-likeness (QED) is 0.617. The largest absolute Gasteiger partial charge is 0.380 e. The predicted molar refractivity (Wildman–Crippen MR) is 52.6 cm³/mol. The van der Waals surface area contributed by atoms with E-state index in [1.165, 1.54) is 16.8 Å². The Morgan fingerprint density at radius 2 is 2.08 bits per heavy atom. The molecule has 0 spiro atoms. The molecule has 0 unspecified atom stereocenters. The third-order valence-electron chi connectivity index (χ3n) is 2.37. The van der Waals surface area contributed by atoms with Gasteiger partial charge < -0.3 is 5.32 Å². The van der Waals surface area contributed by atoms with Gasteiger partial charge in [0.05, 0.1) is 0 Å². The number of benzene rings is 1. The van der Waals surface area contributed by atoms with Crippen LogP contribution in [0.5, 0.6) is 0 Å². The Morgan fingerprint density at radius 3 is 2.83 bits per heavy atom. The van der Waals surface area contributed by atoms with E-state index in [2.05, 4.69) is 44.3 Å². The van der Waals surface area contributed by atoms with Crippen molar-refractivity contribution in [3.05, 3.63) is 29.3 Å². The van der Waals surface area contributed by atoms with Gasteiger partial charge in [0.15, 0.2) is 0 Å². The molecule has 0 saturated heterocycles. The van der Waals surface area contributed by atoms with Gasteiger partial charge in [0, 0.05) is 11.2 Å². The van der Waals surface area contributed by atoms with E-state index in [9.17, 15) is 0 Å². The molecular formula is C11H15N. The second kappa shape index (κ2) is 2.25. The summed E-state index contributed by atoms with van der Waals surface area (Å²) >= 11 is 0. The van der Waals surface area contributed by atoms with Gasteiger partial charge in [-0.05, 0) is 44.4 Å². The number of fused-ring (bicyclic) bond motifs is 1. The number of hydrogen-bond acceptors (Lipinski definition) is 1. The van der Waals surface area contributed by atoms with Crippen LogP contribution in [0.25, 0.3) is 0 Å². The third kappa shape index (κ3) is 1.20. The molecule has 0 radical (unpaired) electrons. The molecule has 1 aromatic rings. The predicted octanol–water partition coefficient (Wildman–Crippen LogP) is 2.74. The molecule has 1 aromatic carbocycles. The SMILES string of the molecule is Cc1ccc2c(c1)NC(C)(C)C2. The van der Waals surface area contributed by atoms with E-state index in [4.69, 9.17) is 0 Å². The lowest BCUT2D eigenvalue weighted by atomic mass is 10.0. The number of aryl methyl sites for hydroxylation is 1. The van der Waals surface area contributed by atoms with E-state index in [1.807, 2.05) is 0 Å². The van der Waals surface area contributed by atoms with Crippen LogP contribution in [0.4, 0.5) is 5.69 Å². The maximum atomic E-state index is 3.51. The van der Waals surface area contributed by atoms with Crippen LogP contribution in [0.1, 0.15) is 25.0 Å². The van der Waals surface area contributed by atoms with Gasteiger partial charge in [-0.15, -0.1) is 0 Å². The van der Waals surface area contributed by atoms with E-state index in [0.29, 0.717) is 0 Å². The Labute approximate surface area is 73.8 Å². The fourth-order valence-corrected chi connectivity index (χ4v) is 1.85. The van der Waals surface area contributed by atoms with Crippen LogP contribution >= 0.6 is 0 Å². The standard InChI is InChI=1S/C11H15N/c1-8-4-5-9-7-11(2,3)12-10(9)6-8/h4-6,12H,7H2,1-3H3. The number of hydrogen-bond donors (Lipinski definition) is 1. The Kier molecular flexibility index (Phi) is 1.44. The van der Waals surface area contributed by atoms with Gasteiger partial charge in [0.25, 0.3) is 0 Å². The van der Waals surface area contributed by atoms with Crippen LogP contribution in [0, 0.1) is 6.92 Å². The summed E-state index contributed by atoms with van der Waals surface area (Å²) in [5, 5.41) is 3.51.